The van der Waals surface area contributed by atoms with Gasteiger partial charge in [0.05, 0.1) is 25.5 Å². The predicted molar refractivity (Wildman–Crippen MR) is 153 cm³/mol. The topological polar surface area (TPSA) is 88.9 Å². The molecule has 10 nitrogen and oxygen atoms in total. The number of piperazine rings is 1. The van der Waals surface area contributed by atoms with E-state index in [0.29, 0.717) is 56.8 Å². The second kappa shape index (κ2) is 11.5. The van der Waals surface area contributed by atoms with Gasteiger partial charge in [0.25, 0.3) is 0 Å². The molecule has 0 aromatic carbocycles. The van der Waals surface area contributed by atoms with Gasteiger partial charge in [0, 0.05) is 74.6 Å². The third kappa shape index (κ3) is 6.47. The zero-order valence-corrected chi connectivity index (χ0v) is 25.4. The van der Waals surface area contributed by atoms with E-state index in [1.807, 2.05) is 31.9 Å². The molecule has 0 bridgehead atoms. The van der Waals surface area contributed by atoms with Crippen LogP contribution in [0.4, 0.5) is 23.8 Å². The molecule has 43 heavy (non-hydrogen) atoms. The van der Waals surface area contributed by atoms with Crippen LogP contribution >= 0.6 is 0 Å². The Labute approximate surface area is 250 Å². The van der Waals surface area contributed by atoms with E-state index in [2.05, 4.69) is 31.6 Å². The van der Waals surface area contributed by atoms with Crippen molar-refractivity contribution in [1.82, 2.24) is 29.5 Å². The maximum absolute atomic E-state index is 13.9. The van der Waals surface area contributed by atoms with E-state index in [9.17, 15) is 18.0 Å². The second-order valence-corrected chi connectivity index (χ2v) is 13.4. The number of carbonyl (C=O) groups is 1. The average molecular weight is 606 g/mol. The zero-order valence-electron chi connectivity index (χ0n) is 25.4. The number of nitrogens with zero attached hydrogens (tertiary/aromatic N) is 7. The molecule has 4 aliphatic rings. The van der Waals surface area contributed by atoms with Crippen molar-refractivity contribution in [2.24, 2.45) is 0 Å². The first kappa shape index (κ1) is 30.1. The number of ether oxygens (including phenoxy) is 2. The van der Waals surface area contributed by atoms with Crippen LogP contribution in [0.3, 0.4) is 0 Å². The van der Waals surface area contributed by atoms with Gasteiger partial charge in [-0.05, 0) is 58.9 Å². The van der Waals surface area contributed by atoms with Gasteiger partial charge in [0.15, 0.2) is 0 Å². The number of halogens is 3. The van der Waals surface area contributed by atoms with E-state index in [-0.39, 0.29) is 24.1 Å². The Bertz CT molecular complexity index is 1300. The third-order valence-electron chi connectivity index (χ3n) is 9.20. The van der Waals surface area contributed by atoms with Crippen LogP contribution < -0.4 is 4.90 Å². The molecule has 0 unspecified atom stereocenters. The lowest BCUT2D eigenvalue weighted by atomic mass is 9.77. The minimum absolute atomic E-state index is 0.0454. The van der Waals surface area contributed by atoms with Crippen molar-refractivity contribution >= 4 is 11.9 Å². The third-order valence-corrected chi connectivity index (χ3v) is 9.20. The van der Waals surface area contributed by atoms with Crippen molar-refractivity contribution < 1.29 is 27.4 Å². The molecule has 1 saturated carbocycles. The zero-order chi connectivity index (χ0) is 30.5. The van der Waals surface area contributed by atoms with Crippen LogP contribution in [0, 0.1) is 6.92 Å². The van der Waals surface area contributed by atoms with Crippen LogP contribution in [0.1, 0.15) is 87.1 Å². The normalized spacial score (nSPS) is 24.5. The fourth-order valence-corrected chi connectivity index (χ4v) is 6.68. The van der Waals surface area contributed by atoms with Crippen LogP contribution in [0.15, 0.2) is 12.3 Å². The molecular formula is C30H42F3N7O3. The quantitative estimate of drug-likeness (QED) is 0.483. The van der Waals surface area contributed by atoms with E-state index in [0.717, 1.165) is 44.3 Å². The van der Waals surface area contributed by atoms with E-state index in [4.69, 9.17) is 9.47 Å². The largest absolute Gasteiger partial charge is 0.451 e. The standard InChI is InChI=1S/C30H42F3N7O3/c1-19-16-34-40(23-17-42-18-23)26(19)20-5-7-38(8-6-20)25-15-24(35-27(36-25)30(31,32)33)21-13-22(14-21)37-9-11-39(12-10-37)28(41)43-29(2,3)4/h15-16,20-23H,5-14,17-18H2,1-4H3. The van der Waals surface area contributed by atoms with Crippen molar-refractivity contribution in [3.63, 3.8) is 0 Å². The summed E-state index contributed by atoms with van der Waals surface area (Å²) in [5, 5.41) is 4.59. The van der Waals surface area contributed by atoms with Gasteiger partial charge in [-0.2, -0.15) is 18.3 Å². The smallest absolute Gasteiger partial charge is 0.444 e. The van der Waals surface area contributed by atoms with E-state index in [1.54, 1.807) is 11.0 Å². The number of piperidine rings is 1. The number of amides is 1. The Balaban J connectivity index is 1.08. The van der Waals surface area contributed by atoms with Gasteiger partial charge in [-0.25, -0.2) is 14.8 Å². The van der Waals surface area contributed by atoms with Crippen molar-refractivity contribution in [3.8, 4) is 0 Å². The number of rotatable bonds is 5. The van der Waals surface area contributed by atoms with E-state index < -0.39 is 17.6 Å². The summed E-state index contributed by atoms with van der Waals surface area (Å²) >= 11 is 0. The Morgan fingerprint density at radius 3 is 2.21 bits per heavy atom. The van der Waals surface area contributed by atoms with Gasteiger partial charge in [-0.15, -0.1) is 0 Å². The molecule has 3 aliphatic heterocycles. The average Bonchev–Trinajstić information content (AvgIpc) is 3.26. The van der Waals surface area contributed by atoms with Crippen LogP contribution in [-0.2, 0) is 15.7 Å². The molecule has 0 spiro atoms. The van der Waals surface area contributed by atoms with Gasteiger partial charge in [0.1, 0.15) is 11.4 Å². The highest BCUT2D eigenvalue weighted by Gasteiger charge is 2.41. The minimum Gasteiger partial charge on any atom is -0.444 e. The number of carbonyl (C=O) groups excluding carboxylic acids is 1. The number of anilines is 1. The SMILES string of the molecule is Cc1cnn(C2COC2)c1C1CCN(c2cc(C3CC(N4CCN(C(=O)OC(C)(C)C)CC4)C3)nc(C(F)(F)F)n2)CC1. The van der Waals surface area contributed by atoms with E-state index >= 15 is 0 Å². The van der Waals surface area contributed by atoms with Crippen LogP contribution in [-0.4, -0.2) is 99.8 Å². The van der Waals surface area contributed by atoms with Gasteiger partial charge in [-0.3, -0.25) is 9.58 Å². The maximum atomic E-state index is 13.9. The molecule has 6 rings (SSSR count). The van der Waals surface area contributed by atoms with Gasteiger partial charge in [-0.1, -0.05) is 0 Å². The van der Waals surface area contributed by atoms with Crippen molar-refractivity contribution in [2.45, 2.75) is 89.1 Å². The highest BCUT2D eigenvalue weighted by molar-refractivity contribution is 5.68. The summed E-state index contributed by atoms with van der Waals surface area (Å²) in [5.74, 6) is -0.444. The first-order valence-electron chi connectivity index (χ1n) is 15.4. The van der Waals surface area contributed by atoms with Crippen molar-refractivity contribution in [2.75, 3.05) is 57.4 Å². The second-order valence-electron chi connectivity index (χ2n) is 13.4. The molecule has 4 fully saturated rings. The molecule has 2 aromatic heterocycles. The number of hydrogen-bond donors (Lipinski definition) is 0. The lowest BCUT2D eigenvalue weighted by Crippen LogP contribution is -2.55. The van der Waals surface area contributed by atoms with Crippen LogP contribution in [0.5, 0.6) is 0 Å². The lowest BCUT2D eigenvalue weighted by molar-refractivity contribution is -0.145. The molecule has 236 valence electrons. The first-order valence-corrected chi connectivity index (χ1v) is 15.4. The summed E-state index contributed by atoms with van der Waals surface area (Å²) < 4.78 is 54.7. The molecule has 0 atom stereocenters. The van der Waals surface area contributed by atoms with Crippen molar-refractivity contribution in [3.05, 3.63) is 35.0 Å². The van der Waals surface area contributed by atoms with Crippen LogP contribution in [0.25, 0.3) is 0 Å². The fraction of sp³-hybridized carbons (Fsp3) is 0.733. The Morgan fingerprint density at radius 1 is 0.953 bits per heavy atom. The summed E-state index contributed by atoms with van der Waals surface area (Å²) in [6.07, 6.45) is 0.123. The number of aromatic nitrogens is 4. The predicted octanol–water partition coefficient (Wildman–Crippen LogP) is 4.75. The minimum atomic E-state index is -4.61. The molecule has 0 N–H and O–H groups in total. The highest BCUT2D eigenvalue weighted by atomic mass is 19.4. The lowest BCUT2D eigenvalue weighted by Gasteiger charge is -2.46. The molecule has 2 aromatic rings. The Kier molecular flexibility index (Phi) is 8.08. The molecular weight excluding hydrogens is 563 g/mol. The highest BCUT2D eigenvalue weighted by Crippen LogP contribution is 2.42. The summed E-state index contributed by atoms with van der Waals surface area (Å²) in [5.41, 5.74) is 2.31. The Hall–Kier alpha value is -2.93. The van der Waals surface area contributed by atoms with Crippen LogP contribution in [0.2, 0.25) is 0 Å². The number of hydrogen-bond acceptors (Lipinski definition) is 8. The summed E-state index contributed by atoms with van der Waals surface area (Å²) in [4.78, 5) is 26.4. The summed E-state index contributed by atoms with van der Waals surface area (Å²) in [7, 11) is 0. The summed E-state index contributed by atoms with van der Waals surface area (Å²) in [6, 6.07) is 2.31. The van der Waals surface area contributed by atoms with Gasteiger partial charge in [0.2, 0.25) is 5.82 Å². The molecule has 5 heterocycles. The fourth-order valence-electron chi connectivity index (χ4n) is 6.68. The molecule has 1 aliphatic carbocycles. The Morgan fingerprint density at radius 2 is 1.63 bits per heavy atom. The monoisotopic (exact) mass is 605 g/mol. The number of aryl methyl sites for hydroxylation is 1. The maximum Gasteiger partial charge on any atom is 0.451 e. The molecule has 3 saturated heterocycles. The first-order chi connectivity index (χ1) is 20.4. The molecule has 0 radical (unpaired) electrons. The summed E-state index contributed by atoms with van der Waals surface area (Å²) in [6.45, 7) is 12.8. The van der Waals surface area contributed by atoms with Gasteiger partial charge < -0.3 is 19.3 Å². The molecule has 13 heteroatoms. The van der Waals surface area contributed by atoms with Gasteiger partial charge >= 0.3 is 12.3 Å². The molecule has 1 amide bonds. The van der Waals surface area contributed by atoms with E-state index in [1.165, 1.54) is 5.69 Å². The van der Waals surface area contributed by atoms with Crippen molar-refractivity contribution in [1.29, 1.82) is 0 Å². The number of alkyl halides is 3.